The van der Waals surface area contributed by atoms with Crippen LogP contribution in [0.3, 0.4) is 0 Å². The van der Waals surface area contributed by atoms with Gasteiger partial charge in [0.2, 0.25) is 0 Å². The van der Waals surface area contributed by atoms with Crippen LogP contribution in [0.2, 0.25) is 0 Å². The van der Waals surface area contributed by atoms with Crippen molar-refractivity contribution >= 4 is 26.7 Å². The van der Waals surface area contributed by atoms with Gasteiger partial charge in [-0.3, -0.25) is 0 Å². The Morgan fingerprint density at radius 1 is 1.15 bits per heavy atom. The summed E-state index contributed by atoms with van der Waals surface area (Å²) in [5, 5.41) is 8.73. The van der Waals surface area contributed by atoms with Gasteiger partial charge < -0.3 is 10.2 Å². The number of hydrogen-bond donors (Lipinski definition) is 1. The summed E-state index contributed by atoms with van der Waals surface area (Å²) in [5.74, 6) is 0.867. The van der Waals surface area contributed by atoms with Crippen LogP contribution in [0.5, 0.6) is 0 Å². The molecular formula is C18H22N6O2S. The molecule has 0 amide bonds. The third-order valence-corrected chi connectivity index (χ3v) is 6.17. The van der Waals surface area contributed by atoms with Crippen molar-refractivity contribution < 1.29 is 8.42 Å². The van der Waals surface area contributed by atoms with E-state index in [0.29, 0.717) is 11.7 Å². The molecule has 0 radical (unpaired) electrons. The highest BCUT2D eigenvalue weighted by Crippen LogP contribution is 2.27. The van der Waals surface area contributed by atoms with Gasteiger partial charge in [-0.1, -0.05) is 0 Å². The van der Waals surface area contributed by atoms with Gasteiger partial charge in [-0.2, -0.15) is 5.10 Å². The van der Waals surface area contributed by atoms with Crippen LogP contribution < -0.4 is 10.2 Å². The quantitative estimate of drug-likeness (QED) is 0.724. The Morgan fingerprint density at radius 2 is 1.85 bits per heavy atom. The summed E-state index contributed by atoms with van der Waals surface area (Å²) < 4.78 is 25.0. The molecular weight excluding hydrogens is 364 g/mol. The molecule has 27 heavy (non-hydrogen) atoms. The molecule has 1 saturated heterocycles. The molecule has 0 saturated carbocycles. The number of nitrogens with zero attached hydrogens (tertiary/aromatic N) is 5. The number of sulfone groups is 1. The average Bonchev–Trinajstić information content (AvgIpc) is 3.12. The Hall–Kier alpha value is -2.52. The maximum absolute atomic E-state index is 11.7. The maximum Gasteiger partial charge on any atom is 0.175 e. The zero-order chi connectivity index (χ0) is 19.0. The lowest BCUT2D eigenvalue weighted by Crippen LogP contribution is -2.41. The van der Waals surface area contributed by atoms with Crippen LogP contribution in [-0.4, -0.2) is 60.6 Å². The molecule has 3 aromatic rings. The van der Waals surface area contributed by atoms with Crippen LogP contribution >= 0.6 is 0 Å². The number of rotatable bonds is 4. The van der Waals surface area contributed by atoms with Crippen molar-refractivity contribution in [1.29, 1.82) is 0 Å². The third-order valence-electron chi connectivity index (χ3n) is 5.04. The van der Waals surface area contributed by atoms with Gasteiger partial charge in [-0.25, -0.2) is 23.1 Å². The molecule has 8 nitrogen and oxygen atoms in total. The molecule has 142 valence electrons. The number of hydrogen-bond acceptors (Lipinski definition) is 7. The standard InChI is InChI=1S/C18H22N6O2S/c1-23(13-7-9-19-10-8-13)17-16-11-22-24(18(16)21-12-20-17)14-3-5-15(6-4-14)27(2,25)26/h3-6,11-13,19H,7-10H2,1-2H3. The minimum atomic E-state index is -3.23. The van der Waals surface area contributed by atoms with E-state index in [-0.39, 0.29) is 4.90 Å². The lowest BCUT2D eigenvalue weighted by Gasteiger charge is -2.32. The number of fused-ring (bicyclic) bond motifs is 1. The Morgan fingerprint density at radius 3 is 2.52 bits per heavy atom. The minimum absolute atomic E-state index is 0.281. The van der Waals surface area contributed by atoms with Gasteiger partial charge >= 0.3 is 0 Å². The second-order valence-corrected chi connectivity index (χ2v) is 8.86. The normalized spacial score (nSPS) is 15.9. The summed E-state index contributed by atoms with van der Waals surface area (Å²) in [7, 11) is -1.16. The fraction of sp³-hybridized carbons (Fsp3) is 0.389. The molecule has 2 aromatic heterocycles. The first kappa shape index (κ1) is 17.9. The van der Waals surface area contributed by atoms with E-state index in [1.54, 1.807) is 41.5 Å². The number of piperidine rings is 1. The molecule has 1 aliphatic rings. The van der Waals surface area contributed by atoms with E-state index in [0.717, 1.165) is 42.8 Å². The van der Waals surface area contributed by atoms with Gasteiger partial charge in [0.1, 0.15) is 12.1 Å². The maximum atomic E-state index is 11.7. The lowest BCUT2D eigenvalue weighted by atomic mass is 10.1. The summed E-state index contributed by atoms with van der Waals surface area (Å²) in [6.45, 7) is 2.02. The Bertz CT molecular complexity index is 1060. The van der Waals surface area contributed by atoms with E-state index in [2.05, 4.69) is 32.3 Å². The van der Waals surface area contributed by atoms with Crippen LogP contribution in [-0.2, 0) is 9.84 Å². The Labute approximate surface area is 158 Å². The Balaban J connectivity index is 1.72. The van der Waals surface area contributed by atoms with E-state index in [9.17, 15) is 8.42 Å². The van der Waals surface area contributed by atoms with Crippen molar-refractivity contribution in [3.05, 3.63) is 36.8 Å². The summed E-state index contributed by atoms with van der Waals surface area (Å²) >= 11 is 0. The van der Waals surface area contributed by atoms with Gasteiger partial charge in [0.15, 0.2) is 15.5 Å². The molecule has 0 aliphatic carbocycles. The number of aromatic nitrogens is 4. The lowest BCUT2D eigenvalue weighted by molar-refractivity contribution is 0.442. The smallest absolute Gasteiger partial charge is 0.175 e. The molecule has 0 atom stereocenters. The first-order chi connectivity index (χ1) is 12.9. The molecule has 1 aromatic carbocycles. The van der Waals surface area contributed by atoms with Crippen LogP contribution in [0.4, 0.5) is 5.82 Å². The van der Waals surface area contributed by atoms with Gasteiger partial charge in [-0.15, -0.1) is 0 Å². The molecule has 1 N–H and O–H groups in total. The average molecular weight is 386 g/mol. The zero-order valence-electron chi connectivity index (χ0n) is 15.3. The highest BCUT2D eigenvalue weighted by molar-refractivity contribution is 7.90. The second kappa shape index (κ2) is 6.90. The van der Waals surface area contributed by atoms with Crippen molar-refractivity contribution in [3.8, 4) is 5.69 Å². The van der Waals surface area contributed by atoms with Crippen molar-refractivity contribution in [2.75, 3.05) is 31.3 Å². The first-order valence-corrected chi connectivity index (χ1v) is 10.8. The monoisotopic (exact) mass is 386 g/mol. The molecule has 3 heterocycles. The predicted molar refractivity (Wildman–Crippen MR) is 104 cm³/mol. The van der Waals surface area contributed by atoms with Crippen LogP contribution in [0.15, 0.2) is 41.7 Å². The van der Waals surface area contributed by atoms with E-state index in [1.165, 1.54) is 6.26 Å². The largest absolute Gasteiger partial charge is 0.356 e. The first-order valence-electron chi connectivity index (χ1n) is 8.88. The van der Waals surface area contributed by atoms with Crippen molar-refractivity contribution in [2.24, 2.45) is 0 Å². The summed E-state index contributed by atoms with van der Waals surface area (Å²) in [6.07, 6.45) is 6.67. The van der Waals surface area contributed by atoms with Gasteiger partial charge in [-0.05, 0) is 50.2 Å². The minimum Gasteiger partial charge on any atom is -0.356 e. The number of benzene rings is 1. The summed E-state index contributed by atoms with van der Waals surface area (Å²) in [5.41, 5.74) is 1.46. The molecule has 0 unspecified atom stereocenters. The number of anilines is 1. The molecule has 4 rings (SSSR count). The van der Waals surface area contributed by atoms with Crippen LogP contribution in [0.1, 0.15) is 12.8 Å². The molecule has 0 spiro atoms. The van der Waals surface area contributed by atoms with Gasteiger partial charge in [0.05, 0.1) is 22.2 Å². The van der Waals surface area contributed by atoms with Crippen LogP contribution in [0, 0.1) is 0 Å². The van der Waals surface area contributed by atoms with E-state index in [1.807, 2.05) is 0 Å². The summed E-state index contributed by atoms with van der Waals surface area (Å²) in [4.78, 5) is 11.4. The van der Waals surface area contributed by atoms with E-state index in [4.69, 9.17) is 0 Å². The number of nitrogens with one attached hydrogen (secondary N) is 1. The van der Waals surface area contributed by atoms with Gasteiger partial charge in [0.25, 0.3) is 0 Å². The SMILES string of the molecule is CN(c1ncnc2c1cnn2-c1ccc(S(C)(=O)=O)cc1)C1CCNCC1. The van der Waals surface area contributed by atoms with Crippen molar-refractivity contribution in [2.45, 2.75) is 23.8 Å². The third kappa shape index (κ3) is 3.40. The zero-order valence-corrected chi connectivity index (χ0v) is 16.1. The van der Waals surface area contributed by atoms with Crippen LogP contribution in [0.25, 0.3) is 16.7 Å². The van der Waals surface area contributed by atoms with E-state index >= 15 is 0 Å². The van der Waals surface area contributed by atoms with Gasteiger partial charge in [0, 0.05) is 19.3 Å². The second-order valence-electron chi connectivity index (χ2n) is 6.85. The molecule has 0 bridgehead atoms. The molecule has 1 aliphatic heterocycles. The van der Waals surface area contributed by atoms with Crippen molar-refractivity contribution in [1.82, 2.24) is 25.1 Å². The molecule has 1 fully saturated rings. The highest BCUT2D eigenvalue weighted by atomic mass is 32.2. The topological polar surface area (TPSA) is 93.0 Å². The summed E-state index contributed by atoms with van der Waals surface area (Å²) in [6, 6.07) is 7.08. The Kier molecular flexibility index (Phi) is 4.56. The highest BCUT2D eigenvalue weighted by Gasteiger charge is 2.22. The predicted octanol–water partition coefficient (Wildman–Crippen LogP) is 1.41. The fourth-order valence-corrected chi connectivity index (χ4v) is 4.13. The molecule has 9 heteroatoms. The van der Waals surface area contributed by atoms with E-state index < -0.39 is 9.84 Å². The fourth-order valence-electron chi connectivity index (χ4n) is 3.50. The van der Waals surface area contributed by atoms with Crippen molar-refractivity contribution in [3.63, 3.8) is 0 Å².